The molecule has 0 bridgehead atoms. The van der Waals surface area contributed by atoms with Crippen LogP contribution in [-0.4, -0.2) is 12.6 Å². The van der Waals surface area contributed by atoms with Crippen LogP contribution in [0, 0.1) is 11.8 Å². The normalized spacial score (nSPS) is 11.0. The Bertz CT molecular complexity index is 579. The molecule has 0 amide bonds. The number of benzene rings is 2. The summed E-state index contributed by atoms with van der Waals surface area (Å²) in [7, 11) is 0. The second-order valence-corrected chi connectivity index (χ2v) is 4.38. The summed E-state index contributed by atoms with van der Waals surface area (Å²) in [6, 6.07) is 19.8. The smallest absolute Gasteiger partial charge is 0.294 e. The highest BCUT2D eigenvalue weighted by Crippen LogP contribution is 2.07. The van der Waals surface area contributed by atoms with Crippen LogP contribution in [0.25, 0.3) is 0 Å². The fourth-order valence-corrected chi connectivity index (χ4v) is 1.87. The van der Waals surface area contributed by atoms with Crippen LogP contribution in [0.4, 0.5) is 0 Å². The van der Waals surface area contributed by atoms with E-state index in [-0.39, 0.29) is 6.10 Å². The topological polar surface area (TPSA) is 26.3 Å². The maximum atomic E-state index is 10.5. The molecule has 1 atom stereocenters. The summed E-state index contributed by atoms with van der Waals surface area (Å²) in [5.41, 5.74) is 2.14. The lowest BCUT2D eigenvalue weighted by atomic mass is 10.1. The summed E-state index contributed by atoms with van der Waals surface area (Å²) in [6.07, 6.45) is 1.17. The summed E-state index contributed by atoms with van der Waals surface area (Å²) in [5.74, 6) is 6.04. The second-order valence-electron chi connectivity index (χ2n) is 4.38. The standard InChI is InChI=1S/C18H16O2/c19-15-20-18(13-11-16-7-3-1-4-8-16)14-12-17-9-5-2-6-10-17/h1-10,15,18H,11,13H2. The number of aryl methyl sites for hydroxylation is 1. The Morgan fingerprint density at radius 2 is 1.65 bits per heavy atom. The maximum absolute atomic E-state index is 10.5. The first-order valence-electron chi connectivity index (χ1n) is 6.58. The predicted molar refractivity (Wildman–Crippen MR) is 79.0 cm³/mol. The van der Waals surface area contributed by atoms with Gasteiger partial charge < -0.3 is 4.74 Å². The Balaban J connectivity index is 1.97. The number of hydrogen-bond acceptors (Lipinski definition) is 2. The molecule has 1 unspecified atom stereocenters. The lowest BCUT2D eigenvalue weighted by Gasteiger charge is -2.08. The van der Waals surface area contributed by atoms with Crippen LogP contribution in [0.15, 0.2) is 60.7 Å². The van der Waals surface area contributed by atoms with Crippen molar-refractivity contribution in [1.82, 2.24) is 0 Å². The minimum Gasteiger partial charge on any atom is -0.451 e. The highest BCUT2D eigenvalue weighted by molar-refractivity contribution is 5.40. The fraction of sp³-hybridized carbons (Fsp3) is 0.167. The molecule has 2 aromatic rings. The Kier molecular flexibility index (Phi) is 5.42. The van der Waals surface area contributed by atoms with Crippen molar-refractivity contribution in [2.24, 2.45) is 0 Å². The highest BCUT2D eigenvalue weighted by Gasteiger charge is 2.05. The fourth-order valence-electron chi connectivity index (χ4n) is 1.87. The zero-order valence-electron chi connectivity index (χ0n) is 11.2. The molecule has 2 aromatic carbocycles. The van der Waals surface area contributed by atoms with Gasteiger partial charge in [0.25, 0.3) is 6.47 Å². The lowest BCUT2D eigenvalue weighted by Crippen LogP contribution is -2.10. The SMILES string of the molecule is O=COC(C#Cc1ccccc1)CCc1ccccc1. The number of ether oxygens (including phenoxy) is 1. The molecule has 0 saturated carbocycles. The van der Waals surface area contributed by atoms with Crippen LogP contribution >= 0.6 is 0 Å². The zero-order chi connectivity index (χ0) is 14.0. The Hall–Kier alpha value is -2.53. The van der Waals surface area contributed by atoms with E-state index in [1.807, 2.05) is 48.5 Å². The summed E-state index contributed by atoms with van der Waals surface area (Å²) in [6.45, 7) is 0.468. The van der Waals surface area contributed by atoms with Crippen molar-refractivity contribution in [3.8, 4) is 11.8 Å². The number of rotatable bonds is 5. The summed E-state index contributed by atoms with van der Waals surface area (Å²) in [4.78, 5) is 10.5. The summed E-state index contributed by atoms with van der Waals surface area (Å²) in [5, 5.41) is 0. The number of carbonyl (C=O) groups is 1. The van der Waals surface area contributed by atoms with E-state index in [1.165, 1.54) is 5.56 Å². The van der Waals surface area contributed by atoms with Crippen LogP contribution in [0.3, 0.4) is 0 Å². The zero-order valence-corrected chi connectivity index (χ0v) is 11.2. The molecule has 2 heteroatoms. The first-order valence-corrected chi connectivity index (χ1v) is 6.58. The summed E-state index contributed by atoms with van der Waals surface area (Å²) >= 11 is 0. The van der Waals surface area contributed by atoms with E-state index in [4.69, 9.17) is 4.74 Å². The molecule has 0 aliphatic heterocycles. The van der Waals surface area contributed by atoms with E-state index in [9.17, 15) is 4.79 Å². The molecule has 0 saturated heterocycles. The first kappa shape index (κ1) is 13.9. The molecule has 20 heavy (non-hydrogen) atoms. The first-order chi connectivity index (χ1) is 9.88. The molecule has 0 aromatic heterocycles. The molecule has 0 spiro atoms. The van der Waals surface area contributed by atoms with Gasteiger partial charge in [0.2, 0.25) is 0 Å². The van der Waals surface area contributed by atoms with Gasteiger partial charge in [-0.15, -0.1) is 0 Å². The molecule has 0 aliphatic carbocycles. The van der Waals surface area contributed by atoms with Crippen molar-refractivity contribution >= 4 is 6.47 Å². The van der Waals surface area contributed by atoms with Gasteiger partial charge >= 0.3 is 0 Å². The van der Waals surface area contributed by atoms with Gasteiger partial charge in [-0.1, -0.05) is 60.4 Å². The minimum atomic E-state index is -0.368. The largest absolute Gasteiger partial charge is 0.451 e. The van der Waals surface area contributed by atoms with Gasteiger partial charge in [0.15, 0.2) is 6.10 Å². The Morgan fingerprint density at radius 3 is 2.30 bits per heavy atom. The third kappa shape index (κ3) is 4.62. The van der Waals surface area contributed by atoms with Gasteiger partial charge in [0.1, 0.15) is 0 Å². The van der Waals surface area contributed by atoms with Crippen LogP contribution in [0.2, 0.25) is 0 Å². The van der Waals surface area contributed by atoms with Gasteiger partial charge in [-0.05, 0) is 30.5 Å². The van der Waals surface area contributed by atoms with E-state index in [0.29, 0.717) is 12.9 Å². The van der Waals surface area contributed by atoms with Crippen LogP contribution < -0.4 is 0 Å². The quantitative estimate of drug-likeness (QED) is 0.612. The minimum absolute atomic E-state index is 0.368. The van der Waals surface area contributed by atoms with Crippen LogP contribution in [0.5, 0.6) is 0 Å². The Labute approximate surface area is 119 Å². The maximum Gasteiger partial charge on any atom is 0.294 e. The van der Waals surface area contributed by atoms with Gasteiger partial charge in [0.05, 0.1) is 0 Å². The van der Waals surface area contributed by atoms with E-state index in [1.54, 1.807) is 0 Å². The molecule has 2 nitrogen and oxygen atoms in total. The van der Waals surface area contributed by atoms with Crippen molar-refractivity contribution < 1.29 is 9.53 Å². The van der Waals surface area contributed by atoms with Gasteiger partial charge in [0, 0.05) is 5.56 Å². The van der Waals surface area contributed by atoms with Gasteiger partial charge in [-0.25, -0.2) is 0 Å². The molecule has 0 fully saturated rings. The van der Waals surface area contributed by atoms with Crippen molar-refractivity contribution in [2.75, 3.05) is 0 Å². The molecule has 2 rings (SSSR count). The lowest BCUT2D eigenvalue weighted by molar-refractivity contribution is -0.131. The van der Waals surface area contributed by atoms with Crippen molar-refractivity contribution in [1.29, 1.82) is 0 Å². The third-order valence-electron chi connectivity index (χ3n) is 2.91. The second kappa shape index (κ2) is 7.81. The summed E-state index contributed by atoms with van der Waals surface area (Å²) < 4.78 is 5.03. The van der Waals surface area contributed by atoms with E-state index < -0.39 is 0 Å². The predicted octanol–water partition coefficient (Wildman–Crippen LogP) is 3.21. The van der Waals surface area contributed by atoms with Crippen molar-refractivity contribution in [2.45, 2.75) is 18.9 Å². The number of carbonyl (C=O) groups excluding carboxylic acids is 1. The van der Waals surface area contributed by atoms with E-state index in [2.05, 4.69) is 24.0 Å². The molecule has 100 valence electrons. The molecule has 0 radical (unpaired) electrons. The van der Waals surface area contributed by atoms with Gasteiger partial charge in [-0.3, -0.25) is 4.79 Å². The van der Waals surface area contributed by atoms with Crippen molar-refractivity contribution in [3.05, 3.63) is 71.8 Å². The molecule has 0 N–H and O–H groups in total. The van der Waals surface area contributed by atoms with Crippen molar-refractivity contribution in [3.63, 3.8) is 0 Å². The average Bonchev–Trinajstić information content (AvgIpc) is 2.52. The van der Waals surface area contributed by atoms with E-state index >= 15 is 0 Å². The molecular weight excluding hydrogens is 248 g/mol. The Morgan fingerprint density at radius 1 is 1.00 bits per heavy atom. The highest BCUT2D eigenvalue weighted by atomic mass is 16.5. The molecule has 0 heterocycles. The molecular formula is C18H16O2. The average molecular weight is 264 g/mol. The number of hydrogen-bond donors (Lipinski definition) is 0. The van der Waals surface area contributed by atoms with Crippen LogP contribution in [0.1, 0.15) is 17.5 Å². The van der Waals surface area contributed by atoms with Crippen LogP contribution in [-0.2, 0) is 16.0 Å². The third-order valence-corrected chi connectivity index (χ3v) is 2.91. The monoisotopic (exact) mass is 264 g/mol. The van der Waals surface area contributed by atoms with Gasteiger partial charge in [-0.2, -0.15) is 0 Å². The molecule has 0 aliphatic rings. The van der Waals surface area contributed by atoms with E-state index in [0.717, 1.165) is 12.0 Å².